The fourth-order valence-corrected chi connectivity index (χ4v) is 2.51. The molecule has 0 saturated carbocycles. The largest absolute Gasteiger partial charge is 0.300 e. The van der Waals surface area contributed by atoms with E-state index in [0.717, 1.165) is 45.1 Å². The standard InChI is InChI=1S/C13H23ClN4/c1-12(2)18-5-3-13(15-18)11-17-9-7-16(6-4-14)8-10-17/h3,5,12H,4,6-11H2,1-2H3. The average molecular weight is 271 g/mol. The molecule has 0 amide bonds. The molecule has 1 saturated heterocycles. The molecule has 1 aliphatic heterocycles. The molecule has 2 rings (SSSR count). The molecule has 1 aromatic heterocycles. The van der Waals surface area contributed by atoms with Crippen LogP contribution >= 0.6 is 11.6 Å². The van der Waals surface area contributed by atoms with Gasteiger partial charge >= 0.3 is 0 Å². The number of alkyl halides is 1. The maximum absolute atomic E-state index is 5.77. The van der Waals surface area contributed by atoms with E-state index in [1.54, 1.807) is 0 Å². The summed E-state index contributed by atoms with van der Waals surface area (Å²) >= 11 is 5.77. The molecule has 0 atom stereocenters. The molecule has 1 aliphatic rings. The second kappa shape index (κ2) is 6.55. The molecule has 0 aliphatic carbocycles. The zero-order valence-electron chi connectivity index (χ0n) is 11.3. The van der Waals surface area contributed by atoms with E-state index in [0.29, 0.717) is 6.04 Å². The molecule has 0 unspecified atom stereocenters. The zero-order chi connectivity index (χ0) is 13.0. The molecular weight excluding hydrogens is 248 g/mol. The molecule has 102 valence electrons. The third-order valence-electron chi connectivity index (χ3n) is 3.44. The van der Waals surface area contributed by atoms with E-state index >= 15 is 0 Å². The summed E-state index contributed by atoms with van der Waals surface area (Å²) in [5, 5.41) is 4.60. The summed E-state index contributed by atoms with van der Waals surface area (Å²) in [6, 6.07) is 2.57. The van der Waals surface area contributed by atoms with Gasteiger partial charge in [-0.15, -0.1) is 11.6 Å². The summed E-state index contributed by atoms with van der Waals surface area (Å²) < 4.78 is 2.03. The first-order chi connectivity index (χ1) is 8.69. The van der Waals surface area contributed by atoms with Crippen LogP contribution in [0.2, 0.25) is 0 Å². The number of rotatable bonds is 5. The smallest absolute Gasteiger partial charge is 0.0764 e. The van der Waals surface area contributed by atoms with Crippen molar-refractivity contribution < 1.29 is 0 Å². The second-order valence-electron chi connectivity index (χ2n) is 5.19. The van der Waals surface area contributed by atoms with Crippen LogP contribution in [-0.2, 0) is 6.54 Å². The Morgan fingerprint density at radius 3 is 2.44 bits per heavy atom. The zero-order valence-corrected chi connectivity index (χ0v) is 12.1. The Labute approximate surface area is 115 Å². The minimum atomic E-state index is 0.444. The highest BCUT2D eigenvalue weighted by Gasteiger charge is 2.17. The van der Waals surface area contributed by atoms with Crippen LogP contribution in [0.5, 0.6) is 0 Å². The number of halogens is 1. The van der Waals surface area contributed by atoms with Gasteiger partial charge in [-0.3, -0.25) is 14.5 Å². The van der Waals surface area contributed by atoms with Gasteiger partial charge in [-0.25, -0.2) is 0 Å². The van der Waals surface area contributed by atoms with Gasteiger partial charge in [0, 0.05) is 57.4 Å². The molecule has 0 spiro atoms. The molecule has 18 heavy (non-hydrogen) atoms. The lowest BCUT2D eigenvalue weighted by Crippen LogP contribution is -2.46. The van der Waals surface area contributed by atoms with Gasteiger partial charge < -0.3 is 0 Å². The van der Waals surface area contributed by atoms with Crippen molar-refractivity contribution >= 4 is 11.6 Å². The normalized spacial score (nSPS) is 18.7. The third kappa shape index (κ3) is 3.70. The van der Waals surface area contributed by atoms with Crippen molar-refractivity contribution in [3.05, 3.63) is 18.0 Å². The number of nitrogens with zero attached hydrogens (tertiary/aromatic N) is 4. The maximum Gasteiger partial charge on any atom is 0.0764 e. The van der Waals surface area contributed by atoms with Crippen molar-refractivity contribution in [2.45, 2.75) is 26.4 Å². The van der Waals surface area contributed by atoms with E-state index < -0.39 is 0 Å². The Morgan fingerprint density at radius 1 is 1.22 bits per heavy atom. The van der Waals surface area contributed by atoms with E-state index in [-0.39, 0.29) is 0 Å². The molecule has 2 heterocycles. The van der Waals surface area contributed by atoms with Crippen molar-refractivity contribution in [2.75, 3.05) is 38.6 Å². The second-order valence-corrected chi connectivity index (χ2v) is 5.57. The van der Waals surface area contributed by atoms with E-state index in [1.165, 1.54) is 5.69 Å². The lowest BCUT2D eigenvalue weighted by molar-refractivity contribution is 0.131. The third-order valence-corrected chi connectivity index (χ3v) is 3.61. The van der Waals surface area contributed by atoms with Gasteiger partial charge in [0.05, 0.1) is 5.69 Å². The minimum Gasteiger partial charge on any atom is -0.300 e. The van der Waals surface area contributed by atoms with Crippen molar-refractivity contribution in [1.29, 1.82) is 0 Å². The number of hydrogen-bond donors (Lipinski definition) is 0. The van der Waals surface area contributed by atoms with Crippen LogP contribution in [0.1, 0.15) is 25.6 Å². The van der Waals surface area contributed by atoms with Crippen LogP contribution in [0, 0.1) is 0 Å². The van der Waals surface area contributed by atoms with E-state index in [2.05, 4.69) is 41.0 Å². The van der Waals surface area contributed by atoms with Gasteiger partial charge in [0.15, 0.2) is 0 Å². The maximum atomic E-state index is 5.77. The van der Waals surface area contributed by atoms with Crippen molar-refractivity contribution in [3.8, 4) is 0 Å². The minimum absolute atomic E-state index is 0.444. The molecule has 0 radical (unpaired) electrons. The summed E-state index contributed by atoms with van der Waals surface area (Å²) in [5.74, 6) is 0.735. The topological polar surface area (TPSA) is 24.3 Å². The van der Waals surface area contributed by atoms with Crippen LogP contribution in [-0.4, -0.2) is 58.2 Å². The van der Waals surface area contributed by atoms with Crippen molar-refractivity contribution in [3.63, 3.8) is 0 Å². The highest BCUT2D eigenvalue weighted by Crippen LogP contribution is 2.09. The van der Waals surface area contributed by atoms with E-state index in [4.69, 9.17) is 11.6 Å². The fourth-order valence-electron chi connectivity index (χ4n) is 2.27. The Morgan fingerprint density at radius 2 is 1.89 bits per heavy atom. The van der Waals surface area contributed by atoms with Gasteiger partial charge in [0.1, 0.15) is 0 Å². The first-order valence-corrected chi connectivity index (χ1v) is 7.27. The molecule has 0 bridgehead atoms. The quantitative estimate of drug-likeness (QED) is 0.763. The number of piperazine rings is 1. The summed E-state index contributed by atoms with van der Waals surface area (Å²) in [4.78, 5) is 4.90. The number of aromatic nitrogens is 2. The lowest BCUT2D eigenvalue weighted by atomic mass is 10.3. The molecule has 1 fully saturated rings. The van der Waals surface area contributed by atoms with Gasteiger partial charge in [-0.1, -0.05) is 0 Å². The fraction of sp³-hybridized carbons (Fsp3) is 0.769. The first kappa shape index (κ1) is 13.8. The summed E-state index contributed by atoms with van der Waals surface area (Å²) in [6.07, 6.45) is 2.07. The monoisotopic (exact) mass is 270 g/mol. The highest BCUT2D eigenvalue weighted by molar-refractivity contribution is 6.18. The van der Waals surface area contributed by atoms with Crippen LogP contribution in [0.4, 0.5) is 0 Å². The Bertz CT molecular complexity index is 356. The van der Waals surface area contributed by atoms with Crippen molar-refractivity contribution in [2.24, 2.45) is 0 Å². The predicted molar refractivity (Wildman–Crippen MR) is 75.0 cm³/mol. The Balaban J connectivity index is 1.80. The van der Waals surface area contributed by atoms with Gasteiger partial charge in [0.2, 0.25) is 0 Å². The molecular formula is C13H23ClN4. The summed E-state index contributed by atoms with van der Waals surface area (Å²) in [5.41, 5.74) is 1.18. The molecule has 0 N–H and O–H groups in total. The SMILES string of the molecule is CC(C)n1ccc(CN2CCN(CCCl)CC2)n1. The predicted octanol–water partition coefficient (Wildman–Crippen LogP) is 1.82. The Kier molecular flexibility index (Phi) is 5.03. The molecule has 4 nitrogen and oxygen atoms in total. The molecule has 5 heteroatoms. The van der Waals surface area contributed by atoms with Gasteiger partial charge in [-0.05, 0) is 19.9 Å². The van der Waals surface area contributed by atoms with Crippen LogP contribution in [0.3, 0.4) is 0 Å². The van der Waals surface area contributed by atoms with E-state index in [9.17, 15) is 0 Å². The summed E-state index contributed by atoms with van der Waals surface area (Å²) in [7, 11) is 0. The molecule has 0 aromatic carbocycles. The van der Waals surface area contributed by atoms with Gasteiger partial charge in [-0.2, -0.15) is 5.10 Å². The van der Waals surface area contributed by atoms with Gasteiger partial charge in [0.25, 0.3) is 0 Å². The summed E-state index contributed by atoms with van der Waals surface area (Å²) in [6.45, 7) is 10.8. The van der Waals surface area contributed by atoms with E-state index in [1.807, 2.05) is 4.68 Å². The number of hydrogen-bond acceptors (Lipinski definition) is 3. The lowest BCUT2D eigenvalue weighted by Gasteiger charge is -2.33. The average Bonchev–Trinajstić information content (AvgIpc) is 2.81. The van der Waals surface area contributed by atoms with Crippen molar-refractivity contribution in [1.82, 2.24) is 19.6 Å². The first-order valence-electron chi connectivity index (χ1n) is 6.73. The Hall–Kier alpha value is -0.580. The van der Waals surface area contributed by atoms with Crippen LogP contribution < -0.4 is 0 Å². The highest BCUT2D eigenvalue weighted by atomic mass is 35.5. The van der Waals surface area contributed by atoms with Crippen LogP contribution in [0.15, 0.2) is 12.3 Å². The molecule has 1 aromatic rings. The van der Waals surface area contributed by atoms with Crippen LogP contribution in [0.25, 0.3) is 0 Å².